The Balaban J connectivity index is 2.36. The van der Waals surface area contributed by atoms with Gasteiger partial charge in [-0.3, -0.25) is 0 Å². The number of aliphatic hydroxyl groups is 2. The quantitative estimate of drug-likeness (QED) is 0.533. The standard InChI is InChI=1S/C6H12O4/c1-9-6-2-4(8)5(3-7)10-6/h4-8H,2-3H2,1H3. The Bertz CT molecular complexity index is 106. The van der Waals surface area contributed by atoms with Crippen LogP contribution in [0.3, 0.4) is 0 Å². The van der Waals surface area contributed by atoms with Gasteiger partial charge in [-0.15, -0.1) is 0 Å². The number of hydrogen-bond acceptors (Lipinski definition) is 4. The molecule has 1 aliphatic rings. The molecule has 4 nitrogen and oxygen atoms in total. The average Bonchev–Trinajstić information content (AvgIpc) is 2.30. The summed E-state index contributed by atoms with van der Waals surface area (Å²) in [6.45, 7) is -0.152. The Hall–Kier alpha value is -0.160. The van der Waals surface area contributed by atoms with Gasteiger partial charge in [-0.1, -0.05) is 0 Å². The fourth-order valence-corrected chi connectivity index (χ4v) is 1.01. The number of hydrogen-bond donors (Lipinski definition) is 2. The first kappa shape index (κ1) is 7.94. The Kier molecular flexibility index (Phi) is 2.62. The van der Waals surface area contributed by atoms with E-state index in [9.17, 15) is 0 Å². The van der Waals surface area contributed by atoms with Crippen molar-refractivity contribution in [3.63, 3.8) is 0 Å². The monoisotopic (exact) mass is 148 g/mol. The lowest BCUT2D eigenvalue weighted by molar-refractivity contribution is -0.127. The lowest BCUT2D eigenvalue weighted by Crippen LogP contribution is -2.24. The summed E-state index contributed by atoms with van der Waals surface area (Å²) in [5.41, 5.74) is 0. The van der Waals surface area contributed by atoms with Gasteiger partial charge in [0.05, 0.1) is 12.7 Å². The summed E-state index contributed by atoms with van der Waals surface area (Å²) < 4.78 is 9.87. The van der Waals surface area contributed by atoms with Crippen molar-refractivity contribution in [3.05, 3.63) is 0 Å². The molecule has 0 amide bonds. The van der Waals surface area contributed by atoms with Gasteiger partial charge < -0.3 is 19.7 Å². The van der Waals surface area contributed by atoms with Crippen LogP contribution in [-0.4, -0.2) is 42.4 Å². The van der Waals surface area contributed by atoms with Crippen LogP contribution in [0.5, 0.6) is 0 Å². The van der Waals surface area contributed by atoms with Crippen LogP contribution < -0.4 is 0 Å². The second-order valence-corrected chi connectivity index (χ2v) is 2.33. The Morgan fingerprint density at radius 2 is 2.40 bits per heavy atom. The van der Waals surface area contributed by atoms with Crippen LogP contribution in [0.2, 0.25) is 0 Å². The molecule has 10 heavy (non-hydrogen) atoms. The maximum Gasteiger partial charge on any atom is 0.160 e. The zero-order valence-electron chi connectivity index (χ0n) is 5.86. The maximum atomic E-state index is 9.13. The van der Waals surface area contributed by atoms with Crippen molar-refractivity contribution in [2.75, 3.05) is 13.7 Å². The molecular weight excluding hydrogens is 136 g/mol. The van der Waals surface area contributed by atoms with Crippen LogP contribution in [0, 0.1) is 0 Å². The lowest BCUT2D eigenvalue weighted by atomic mass is 10.2. The molecule has 3 unspecified atom stereocenters. The third-order valence-corrected chi connectivity index (χ3v) is 1.63. The van der Waals surface area contributed by atoms with E-state index in [0.29, 0.717) is 6.42 Å². The second kappa shape index (κ2) is 3.30. The SMILES string of the molecule is COC1CC(O)C(CO)O1. The van der Waals surface area contributed by atoms with Crippen LogP contribution in [0.25, 0.3) is 0 Å². The first-order valence-electron chi connectivity index (χ1n) is 3.25. The summed E-state index contributed by atoms with van der Waals surface area (Å²) in [4.78, 5) is 0. The van der Waals surface area contributed by atoms with Gasteiger partial charge in [0.15, 0.2) is 6.29 Å². The van der Waals surface area contributed by atoms with E-state index in [2.05, 4.69) is 0 Å². The molecule has 0 saturated carbocycles. The first-order chi connectivity index (χ1) is 4.77. The molecule has 1 rings (SSSR count). The van der Waals surface area contributed by atoms with Gasteiger partial charge in [-0.2, -0.15) is 0 Å². The number of aliphatic hydroxyl groups excluding tert-OH is 2. The van der Waals surface area contributed by atoms with Crippen molar-refractivity contribution < 1.29 is 19.7 Å². The summed E-state index contributed by atoms with van der Waals surface area (Å²) in [6.07, 6.45) is -0.964. The highest BCUT2D eigenvalue weighted by Crippen LogP contribution is 2.19. The zero-order chi connectivity index (χ0) is 7.56. The van der Waals surface area contributed by atoms with Crippen molar-refractivity contribution in [2.45, 2.75) is 24.9 Å². The predicted octanol–water partition coefficient (Wildman–Crippen LogP) is -0.899. The van der Waals surface area contributed by atoms with Gasteiger partial charge in [-0.05, 0) is 0 Å². The second-order valence-electron chi connectivity index (χ2n) is 2.33. The molecule has 1 saturated heterocycles. The molecule has 4 heteroatoms. The van der Waals surface area contributed by atoms with Crippen LogP contribution in [0.15, 0.2) is 0 Å². The Labute approximate surface area is 59.4 Å². The Morgan fingerprint density at radius 3 is 2.70 bits per heavy atom. The largest absolute Gasteiger partial charge is 0.394 e. The topological polar surface area (TPSA) is 58.9 Å². The third-order valence-electron chi connectivity index (χ3n) is 1.63. The molecule has 60 valence electrons. The summed E-state index contributed by atoms with van der Waals surface area (Å²) in [6, 6.07) is 0. The molecule has 0 radical (unpaired) electrons. The smallest absolute Gasteiger partial charge is 0.160 e. The van der Waals surface area contributed by atoms with E-state index < -0.39 is 12.2 Å². The predicted molar refractivity (Wildman–Crippen MR) is 33.4 cm³/mol. The molecule has 0 aliphatic carbocycles. The van der Waals surface area contributed by atoms with Crippen molar-refractivity contribution in [1.82, 2.24) is 0 Å². The minimum absolute atomic E-state index is 0.152. The van der Waals surface area contributed by atoms with E-state index in [-0.39, 0.29) is 12.9 Å². The molecule has 1 fully saturated rings. The van der Waals surface area contributed by atoms with E-state index in [1.54, 1.807) is 0 Å². The molecule has 2 N–H and O–H groups in total. The lowest BCUT2D eigenvalue weighted by Gasteiger charge is -2.09. The summed E-state index contributed by atoms with van der Waals surface area (Å²) >= 11 is 0. The fraction of sp³-hybridized carbons (Fsp3) is 1.00. The maximum absolute atomic E-state index is 9.13. The van der Waals surface area contributed by atoms with Gasteiger partial charge in [0, 0.05) is 13.5 Å². The van der Waals surface area contributed by atoms with Crippen molar-refractivity contribution in [2.24, 2.45) is 0 Å². The molecule has 0 bridgehead atoms. The van der Waals surface area contributed by atoms with E-state index in [4.69, 9.17) is 19.7 Å². The molecule has 0 aromatic rings. The van der Waals surface area contributed by atoms with Crippen molar-refractivity contribution in [1.29, 1.82) is 0 Å². The number of methoxy groups -OCH3 is 1. The fourth-order valence-electron chi connectivity index (χ4n) is 1.01. The van der Waals surface area contributed by atoms with Gasteiger partial charge in [0.1, 0.15) is 6.10 Å². The van der Waals surface area contributed by atoms with Crippen molar-refractivity contribution in [3.8, 4) is 0 Å². The molecule has 0 aromatic carbocycles. The first-order valence-corrected chi connectivity index (χ1v) is 3.25. The molecular formula is C6H12O4. The highest BCUT2D eigenvalue weighted by Gasteiger charge is 2.32. The molecule has 0 spiro atoms. The normalized spacial score (nSPS) is 40.5. The van der Waals surface area contributed by atoms with E-state index in [1.165, 1.54) is 7.11 Å². The Morgan fingerprint density at radius 1 is 1.70 bits per heavy atom. The number of rotatable bonds is 2. The third kappa shape index (κ3) is 1.46. The van der Waals surface area contributed by atoms with Crippen LogP contribution >= 0.6 is 0 Å². The zero-order valence-corrected chi connectivity index (χ0v) is 5.86. The van der Waals surface area contributed by atoms with E-state index >= 15 is 0 Å². The summed E-state index contributed by atoms with van der Waals surface area (Å²) in [7, 11) is 1.51. The molecule has 3 atom stereocenters. The van der Waals surface area contributed by atoms with E-state index in [0.717, 1.165) is 0 Å². The molecule has 0 aromatic heterocycles. The van der Waals surface area contributed by atoms with Gasteiger partial charge in [-0.25, -0.2) is 0 Å². The molecule has 1 heterocycles. The van der Waals surface area contributed by atoms with E-state index in [1.807, 2.05) is 0 Å². The van der Waals surface area contributed by atoms with Crippen LogP contribution in [0.4, 0.5) is 0 Å². The van der Waals surface area contributed by atoms with Gasteiger partial charge >= 0.3 is 0 Å². The minimum atomic E-state index is -0.588. The van der Waals surface area contributed by atoms with Gasteiger partial charge in [0.25, 0.3) is 0 Å². The molecule has 1 aliphatic heterocycles. The van der Waals surface area contributed by atoms with Crippen LogP contribution in [0.1, 0.15) is 6.42 Å². The number of ether oxygens (including phenoxy) is 2. The highest BCUT2D eigenvalue weighted by atomic mass is 16.7. The minimum Gasteiger partial charge on any atom is -0.394 e. The summed E-state index contributed by atoms with van der Waals surface area (Å²) in [5, 5.41) is 17.7. The summed E-state index contributed by atoms with van der Waals surface area (Å²) in [5.74, 6) is 0. The van der Waals surface area contributed by atoms with Gasteiger partial charge in [0.2, 0.25) is 0 Å². The van der Waals surface area contributed by atoms with Crippen LogP contribution in [-0.2, 0) is 9.47 Å². The average molecular weight is 148 g/mol. The highest BCUT2D eigenvalue weighted by molar-refractivity contribution is 4.76. The van der Waals surface area contributed by atoms with Crippen molar-refractivity contribution >= 4 is 0 Å².